The van der Waals surface area contributed by atoms with Gasteiger partial charge in [0, 0.05) is 47.9 Å². The van der Waals surface area contributed by atoms with Gasteiger partial charge in [-0.1, -0.05) is 6.07 Å². The SMILES string of the molecule is O=C1CCCC2=C1[C@H](c1cc([N+](=O)[O-])ccc1[O-])C1C(=O)CCCC1=N2. The van der Waals surface area contributed by atoms with Gasteiger partial charge in [0.1, 0.15) is 5.78 Å². The summed E-state index contributed by atoms with van der Waals surface area (Å²) in [4.78, 5) is 40.5. The zero-order valence-electron chi connectivity index (χ0n) is 14.1. The lowest BCUT2D eigenvalue weighted by Gasteiger charge is -2.39. The summed E-state index contributed by atoms with van der Waals surface area (Å²) < 4.78 is 0. The summed E-state index contributed by atoms with van der Waals surface area (Å²) in [6.45, 7) is 0. The Hall–Kier alpha value is -2.83. The molecule has 0 radical (unpaired) electrons. The van der Waals surface area contributed by atoms with Crippen LogP contribution in [0, 0.1) is 16.0 Å². The number of nitro groups is 1. The summed E-state index contributed by atoms with van der Waals surface area (Å²) in [5, 5.41) is 23.7. The second-order valence-electron chi connectivity index (χ2n) is 6.99. The van der Waals surface area contributed by atoms with Crippen LogP contribution in [0.3, 0.4) is 0 Å². The fraction of sp³-hybridized carbons (Fsp3) is 0.421. The van der Waals surface area contributed by atoms with E-state index in [2.05, 4.69) is 4.99 Å². The number of rotatable bonds is 2. The molecule has 1 aromatic carbocycles. The van der Waals surface area contributed by atoms with E-state index in [4.69, 9.17) is 0 Å². The van der Waals surface area contributed by atoms with Gasteiger partial charge in [-0.05, 0) is 31.2 Å². The van der Waals surface area contributed by atoms with Crippen LogP contribution in [0.5, 0.6) is 5.75 Å². The van der Waals surface area contributed by atoms with Crippen molar-refractivity contribution in [3.05, 3.63) is 45.1 Å². The average molecular weight is 353 g/mol. The molecule has 2 aliphatic carbocycles. The normalized spacial score (nSPS) is 25.5. The highest BCUT2D eigenvalue weighted by molar-refractivity contribution is 6.12. The number of ketones is 2. The largest absolute Gasteiger partial charge is 0.872 e. The van der Waals surface area contributed by atoms with E-state index in [1.165, 1.54) is 6.07 Å². The molecule has 1 unspecified atom stereocenters. The minimum absolute atomic E-state index is 0.0455. The van der Waals surface area contributed by atoms with E-state index in [1.54, 1.807) is 0 Å². The van der Waals surface area contributed by atoms with Gasteiger partial charge in [0.25, 0.3) is 5.69 Å². The molecule has 0 saturated heterocycles. The lowest BCUT2D eigenvalue weighted by molar-refractivity contribution is -0.385. The third-order valence-electron chi connectivity index (χ3n) is 5.45. The van der Waals surface area contributed by atoms with E-state index in [1.807, 2.05) is 0 Å². The molecule has 26 heavy (non-hydrogen) atoms. The summed E-state index contributed by atoms with van der Waals surface area (Å²) in [7, 11) is 0. The fourth-order valence-corrected chi connectivity index (χ4v) is 4.33. The van der Waals surface area contributed by atoms with Crippen LogP contribution < -0.4 is 5.11 Å². The summed E-state index contributed by atoms with van der Waals surface area (Å²) in [6.07, 6.45) is 3.41. The molecular weight excluding hydrogens is 336 g/mol. The minimum Gasteiger partial charge on any atom is -0.872 e. The molecule has 134 valence electrons. The first-order chi connectivity index (χ1) is 12.5. The van der Waals surface area contributed by atoms with Crippen LogP contribution in [0.4, 0.5) is 5.69 Å². The lowest BCUT2D eigenvalue weighted by atomic mass is 9.67. The lowest BCUT2D eigenvalue weighted by Crippen LogP contribution is -2.40. The Morgan fingerprint density at radius 2 is 1.81 bits per heavy atom. The number of carbonyl (C=O) groups is 2. The highest BCUT2D eigenvalue weighted by Crippen LogP contribution is 2.48. The van der Waals surface area contributed by atoms with Crippen molar-refractivity contribution in [3.8, 4) is 5.75 Å². The van der Waals surface area contributed by atoms with Crippen molar-refractivity contribution in [2.45, 2.75) is 44.4 Å². The molecule has 4 rings (SSSR count). The highest BCUT2D eigenvalue weighted by Gasteiger charge is 2.44. The quantitative estimate of drug-likeness (QED) is 0.599. The predicted octanol–water partition coefficient (Wildman–Crippen LogP) is 2.58. The zero-order chi connectivity index (χ0) is 18.4. The molecule has 7 heteroatoms. The Bertz CT molecular complexity index is 899. The van der Waals surface area contributed by atoms with Crippen LogP contribution in [-0.2, 0) is 9.59 Å². The van der Waals surface area contributed by atoms with Gasteiger partial charge in [-0.15, -0.1) is 5.75 Å². The number of fused-ring (bicyclic) bond motifs is 1. The smallest absolute Gasteiger partial charge is 0.269 e. The summed E-state index contributed by atoms with van der Waals surface area (Å²) in [6, 6.07) is 3.54. The number of hydrogen-bond acceptors (Lipinski definition) is 6. The van der Waals surface area contributed by atoms with Crippen molar-refractivity contribution >= 4 is 23.0 Å². The highest BCUT2D eigenvalue weighted by atomic mass is 16.6. The Kier molecular flexibility index (Phi) is 3.94. The Labute approximate surface area is 149 Å². The van der Waals surface area contributed by atoms with Crippen molar-refractivity contribution < 1.29 is 19.6 Å². The van der Waals surface area contributed by atoms with Gasteiger partial charge in [0.2, 0.25) is 0 Å². The molecule has 1 aliphatic heterocycles. The molecule has 7 nitrogen and oxygen atoms in total. The van der Waals surface area contributed by atoms with E-state index in [0.29, 0.717) is 55.5 Å². The molecule has 1 aromatic rings. The summed E-state index contributed by atoms with van der Waals surface area (Å²) in [5.41, 5.74) is 1.73. The molecule has 0 spiro atoms. The number of nitro benzene ring substituents is 1. The standard InChI is InChI=1S/C19H18N2O5/c22-14-8-7-10(21(25)26)9-11(14)17-18-12(3-1-5-15(18)23)20-13-4-2-6-16(24)19(13)17/h7-9,17-18,22H,1-6H2/p-1/t17-,18?/m1/s1. The molecule has 1 fully saturated rings. The number of benzene rings is 1. The molecular formula is C19H17N2O5-. The number of allylic oxidation sites excluding steroid dienone is 2. The van der Waals surface area contributed by atoms with E-state index < -0.39 is 16.8 Å². The second-order valence-corrected chi connectivity index (χ2v) is 6.99. The first-order valence-electron chi connectivity index (χ1n) is 8.79. The molecule has 1 saturated carbocycles. The predicted molar refractivity (Wildman–Crippen MR) is 91.0 cm³/mol. The molecule has 0 bridgehead atoms. The summed E-state index contributed by atoms with van der Waals surface area (Å²) >= 11 is 0. The molecule has 3 aliphatic rings. The Morgan fingerprint density at radius 1 is 1.04 bits per heavy atom. The van der Waals surface area contributed by atoms with E-state index in [0.717, 1.165) is 12.1 Å². The van der Waals surface area contributed by atoms with Gasteiger partial charge >= 0.3 is 0 Å². The van der Waals surface area contributed by atoms with Gasteiger partial charge in [-0.2, -0.15) is 0 Å². The van der Waals surface area contributed by atoms with Gasteiger partial charge in [-0.25, -0.2) is 0 Å². The van der Waals surface area contributed by atoms with Gasteiger partial charge < -0.3 is 5.11 Å². The number of nitrogens with zero attached hydrogens (tertiary/aromatic N) is 2. The van der Waals surface area contributed by atoms with Crippen molar-refractivity contribution in [2.75, 3.05) is 0 Å². The first kappa shape index (κ1) is 16.6. The van der Waals surface area contributed by atoms with Gasteiger partial charge in [0.05, 0.1) is 10.8 Å². The van der Waals surface area contributed by atoms with Crippen molar-refractivity contribution in [2.24, 2.45) is 10.9 Å². The van der Waals surface area contributed by atoms with E-state index in [-0.39, 0.29) is 28.6 Å². The van der Waals surface area contributed by atoms with Gasteiger partial charge in [0.15, 0.2) is 5.78 Å². The van der Waals surface area contributed by atoms with Gasteiger partial charge in [-0.3, -0.25) is 24.7 Å². The van der Waals surface area contributed by atoms with Crippen molar-refractivity contribution in [1.29, 1.82) is 0 Å². The van der Waals surface area contributed by atoms with Crippen LogP contribution in [0.2, 0.25) is 0 Å². The van der Waals surface area contributed by atoms with Crippen LogP contribution in [-0.4, -0.2) is 22.2 Å². The molecule has 0 amide bonds. The molecule has 2 atom stereocenters. The third kappa shape index (κ3) is 2.55. The summed E-state index contributed by atoms with van der Waals surface area (Å²) in [5.74, 6) is -1.94. The second kappa shape index (κ2) is 6.16. The van der Waals surface area contributed by atoms with E-state index in [9.17, 15) is 24.8 Å². The number of Topliss-reactive ketones (excluding diaryl/α,β-unsaturated/α-hetero) is 2. The molecule has 0 aromatic heterocycles. The van der Waals surface area contributed by atoms with Crippen LogP contribution >= 0.6 is 0 Å². The maximum atomic E-state index is 12.7. The van der Waals surface area contributed by atoms with E-state index >= 15 is 0 Å². The zero-order valence-corrected chi connectivity index (χ0v) is 14.1. The number of non-ortho nitro benzene ring substituents is 1. The van der Waals surface area contributed by atoms with Crippen molar-refractivity contribution in [3.63, 3.8) is 0 Å². The number of hydrogen-bond donors (Lipinski definition) is 0. The minimum atomic E-state index is -0.745. The van der Waals surface area contributed by atoms with Crippen LogP contribution in [0.15, 0.2) is 34.5 Å². The third-order valence-corrected chi connectivity index (χ3v) is 5.45. The van der Waals surface area contributed by atoms with Crippen LogP contribution in [0.25, 0.3) is 0 Å². The maximum absolute atomic E-state index is 12.7. The Morgan fingerprint density at radius 3 is 2.58 bits per heavy atom. The average Bonchev–Trinajstić information content (AvgIpc) is 2.61. The first-order valence-corrected chi connectivity index (χ1v) is 8.79. The fourth-order valence-electron chi connectivity index (χ4n) is 4.33. The number of carbonyl (C=O) groups excluding carboxylic acids is 2. The molecule has 1 heterocycles. The monoisotopic (exact) mass is 353 g/mol. The topological polar surface area (TPSA) is 113 Å². The van der Waals surface area contributed by atoms with Crippen molar-refractivity contribution in [1.82, 2.24) is 0 Å². The Balaban J connectivity index is 1.94. The number of aliphatic imine (C=N–C) groups is 1. The molecule has 0 N–H and O–H groups in total. The maximum Gasteiger partial charge on any atom is 0.269 e. The van der Waals surface area contributed by atoms with Crippen LogP contribution in [0.1, 0.15) is 50.0 Å².